The van der Waals surface area contributed by atoms with Crippen LogP contribution in [0.15, 0.2) is 18.3 Å². The van der Waals surface area contributed by atoms with Gasteiger partial charge < -0.3 is 10.5 Å². The second-order valence-corrected chi connectivity index (χ2v) is 3.77. The molecule has 14 heavy (non-hydrogen) atoms. The van der Waals surface area contributed by atoms with Gasteiger partial charge in [0.25, 0.3) is 0 Å². The lowest BCUT2D eigenvalue weighted by Crippen LogP contribution is -1.96. The van der Waals surface area contributed by atoms with E-state index in [-0.39, 0.29) is 5.97 Å². The molecule has 0 amide bonds. The molecule has 0 aliphatic heterocycles. The van der Waals surface area contributed by atoms with Gasteiger partial charge in [0.05, 0.1) is 11.8 Å². The van der Waals surface area contributed by atoms with E-state index in [1.807, 2.05) is 6.07 Å². The van der Waals surface area contributed by atoms with Crippen molar-refractivity contribution in [3.8, 4) is 0 Å². The number of aromatic nitrogens is 1. The van der Waals surface area contributed by atoms with E-state index in [1.165, 1.54) is 18.4 Å². The number of nitrogen functional groups attached to an aromatic ring is 1. The third-order valence-electron chi connectivity index (χ3n) is 1.85. The minimum atomic E-state index is -0.342. The van der Waals surface area contributed by atoms with Crippen LogP contribution in [-0.4, -0.2) is 18.1 Å². The number of carbonyl (C=O) groups excluding carboxylic acids is 1. The molecule has 2 N–H and O–H groups in total. The highest BCUT2D eigenvalue weighted by atomic mass is 32.1. The fourth-order valence-corrected chi connectivity index (χ4v) is 2.16. The molecular formula is C9H8N2O2S. The Hall–Kier alpha value is -1.62. The molecule has 5 heteroatoms. The van der Waals surface area contributed by atoms with Crippen LogP contribution in [0.25, 0.3) is 10.1 Å². The van der Waals surface area contributed by atoms with Crippen LogP contribution < -0.4 is 5.73 Å². The molecule has 2 rings (SSSR count). The largest absolute Gasteiger partial charge is 0.465 e. The fourth-order valence-electron chi connectivity index (χ4n) is 1.19. The van der Waals surface area contributed by atoms with Crippen molar-refractivity contribution in [3.63, 3.8) is 0 Å². The minimum absolute atomic E-state index is 0.342. The summed E-state index contributed by atoms with van der Waals surface area (Å²) in [6.45, 7) is 0. The highest BCUT2D eigenvalue weighted by molar-refractivity contribution is 7.21. The van der Waals surface area contributed by atoms with E-state index in [0.717, 1.165) is 10.1 Å². The molecule has 0 fully saturated rings. The Bertz CT molecular complexity index is 493. The fraction of sp³-hybridized carbons (Fsp3) is 0.111. The first-order valence-corrected chi connectivity index (χ1v) is 4.76. The van der Waals surface area contributed by atoms with Gasteiger partial charge >= 0.3 is 5.97 Å². The van der Waals surface area contributed by atoms with E-state index in [0.29, 0.717) is 10.7 Å². The van der Waals surface area contributed by atoms with Gasteiger partial charge in [-0.15, -0.1) is 11.3 Å². The van der Waals surface area contributed by atoms with Crippen LogP contribution in [0.2, 0.25) is 0 Å². The third-order valence-corrected chi connectivity index (χ3v) is 3.00. The monoisotopic (exact) mass is 208 g/mol. The number of anilines is 1. The zero-order valence-corrected chi connectivity index (χ0v) is 8.30. The van der Waals surface area contributed by atoms with E-state index >= 15 is 0 Å². The van der Waals surface area contributed by atoms with E-state index in [1.54, 1.807) is 12.3 Å². The summed E-state index contributed by atoms with van der Waals surface area (Å²) < 4.78 is 5.44. The predicted molar refractivity (Wildman–Crippen MR) is 55.4 cm³/mol. The molecule has 0 spiro atoms. The van der Waals surface area contributed by atoms with E-state index < -0.39 is 0 Å². The molecule has 0 bridgehead atoms. The number of hydrogen-bond acceptors (Lipinski definition) is 5. The summed E-state index contributed by atoms with van der Waals surface area (Å²) in [7, 11) is 1.36. The van der Waals surface area contributed by atoms with Crippen LogP contribution in [0, 0.1) is 0 Å². The topological polar surface area (TPSA) is 65.2 Å². The predicted octanol–water partition coefficient (Wildman–Crippen LogP) is 1.67. The molecule has 0 radical (unpaired) electrons. The SMILES string of the molecule is COC(=O)c1cc2ccnc(N)c2s1. The molecule has 0 unspecified atom stereocenters. The maximum absolute atomic E-state index is 11.2. The molecule has 4 nitrogen and oxygen atoms in total. The summed E-state index contributed by atoms with van der Waals surface area (Å²) >= 11 is 1.29. The molecule has 2 heterocycles. The molecule has 0 aliphatic carbocycles. The average molecular weight is 208 g/mol. The Morgan fingerprint density at radius 2 is 2.43 bits per heavy atom. The minimum Gasteiger partial charge on any atom is -0.465 e. The average Bonchev–Trinajstić information content (AvgIpc) is 2.62. The van der Waals surface area contributed by atoms with Crippen molar-refractivity contribution in [2.75, 3.05) is 12.8 Å². The van der Waals surface area contributed by atoms with Gasteiger partial charge in [-0.2, -0.15) is 0 Å². The number of esters is 1. The normalized spacial score (nSPS) is 10.4. The van der Waals surface area contributed by atoms with Gasteiger partial charge in [0.1, 0.15) is 10.7 Å². The van der Waals surface area contributed by atoms with E-state index in [4.69, 9.17) is 5.73 Å². The zero-order chi connectivity index (χ0) is 10.1. The maximum Gasteiger partial charge on any atom is 0.348 e. The Kier molecular flexibility index (Phi) is 2.09. The number of rotatable bonds is 1. The second-order valence-electron chi connectivity index (χ2n) is 2.72. The number of hydrogen-bond donors (Lipinski definition) is 1. The Labute approximate surface area is 84.3 Å². The van der Waals surface area contributed by atoms with E-state index in [2.05, 4.69) is 9.72 Å². The van der Waals surface area contributed by atoms with Crippen molar-refractivity contribution in [1.29, 1.82) is 0 Å². The zero-order valence-electron chi connectivity index (χ0n) is 7.48. The summed E-state index contributed by atoms with van der Waals surface area (Å²) in [5.41, 5.74) is 5.66. The Morgan fingerprint density at radius 1 is 1.64 bits per heavy atom. The number of methoxy groups -OCH3 is 1. The molecule has 0 saturated carbocycles. The van der Waals surface area contributed by atoms with Crippen LogP contribution in [0.1, 0.15) is 9.67 Å². The smallest absolute Gasteiger partial charge is 0.348 e. The number of carbonyl (C=O) groups is 1. The number of nitrogens with zero attached hydrogens (tertiary/aromatic N) is 1. The summed E-state index contributed by atoms with van der Waals surface area (Å²) in [5, 5.41) is 0.919. The van der Waals surface area contributed by atoms with Gasteiger partial charge in [-0.3, -0.25) is 0 Å². The molecule has 2 aromatic heterocycles. The van der Waals surface area contributed by atoms with Crippen LogP contribution in [-0.2, 0) is 4.74 Å². The molecule has 0 atom stereocenters. The van der Waals surface area contributed by atoms with Crippen LogP contribution in [0.3, 0.4) is 0 Å². The van der Waals surface area contributed by atoms with Gasteiger partial charge in [-0.1, -0.05) is 0 Å². The lowest BCUT2D eigenvalue weighted by atomic mass is 10.3. The third kappa shape index (κ3) is 1.31. The summed E-state index contributed by atoms with van der Waals surface area (Å²) in [6.07, 6.45) is 1.62. The summed E-state index contributed by atoms with van der Waals surface area (Å²) in [5.74, 6) is 0.105. The first-order chi connectivity index (χ1) is 6.72. The van der Waals surface area contributed by atoms with Crippen LogP contribution in [0.5, 0.6) is 0 Å². The standard InChI is InChI=1S/C9H8N2O2S/c1-13-9(12)6-4-5-2-3-11-8(10)7(5)14-6/h2-4H,1H3,(H2,10,11). The first-order valence-electron chi connectivity index (χ1n) is 3.94. The Morgan fingerprint density at radius 3 is 3.07 bits per heavy atom. The van der Waals surface area contributed by atoms with Crippen molar-refractivity contribution in [2.45, 2.75) is 0 Å². The second kappa shape index (κ2) is 3.26. The number of ether oxygens (including phenoxy) is 1. The molecule has 72 valence electrons. The van der Waals surface area contributed by atoms with Crippen molar-refractivity contribution in [3.05, 3.63) is 23.2 Å². The van der Waals surface area contributed by atoms with Crippen LogP contribution >= 0.6 is 11.3 Å². The quantitative estimate of drug-likeness (QED) is 0.724. The van der Waals surface area contributed by atoms with Crippen LogP contribution in [0.4, 0.5) is 5.82 Å². The van der Waals surface area contributed by atoms with Gasteiger partial charge in [-0.25, -0.2) is 9.78 Å². The van der Waals surface area contributed by atoms with Crippen molar-refractivity contribution in [2.24, 2.45) is 0 Å². The van der Waals surface area contributed by atoms with Crippen molar-refractivity contribution in [1.82, 2.24) is 4.98 Å². The number of nitrogens with two attached hydrogens (primary N) is 1. The van der Waals surface area contributed by atoms with Crippen molar-refractivity contribution < 1.29 is 9.53 Å². The summed E-state index contributed by atoms with van der Waals surface area (Å²) in [6, 6.07) is 3.57. The lowest BCUT2D eigenvalue weighted by Gasteiger charge is -1.91. The number of pyridine rings is 1. The van der Waals surface area contributed by atoms with Gasteiger partial charge in [0.2, 0.25) is 0 Å². The molecule has 0 aliphatic rings. The number of thiophene rings is 1. The number of fused-ring (bicyclic) bond motifs is 1. The van der Waals surface area contributed by atoms with Crippen molar-refractivity contribution >= 4 is 33.2 Å². The maximum atomic E-state index is 11.2. The molecule has 0 saturated heterocycles. The molecular weight excluding hydrogens is 200 g/mol. The first kappa shape index (κ1) is 8.96. The van der Waals surface area contributed by atoms with E-state index in [9.17, 15) is 4.79 Å². The van der Waals surface area contributed by atoms with Gasteiger partial charge in [0, 0.05) is 6.20 Å². The highest BCUT2D eigenvalue weighted by Crippen LogP contribution is 2.29. The van der Waals surface area contributed by atoms with Gasteiger partial charge in [-0.05, 0) is 17.5 Å². The summed E-state index contributed by atoms with van der Waals surface area (Å²) in [4.78, 5) is 15.7. The molecule has 0 aromatic carbocycles. The Balaban J connectivity index is 2.62. The van der Waals surface area contributed by atoms with Gasteiger partial charge in [0.15, 0.2) is 0 Å². The lowest BCUT2D eigenvalue weighted by molar-refractivity contribution is 0.0606. The molecule has 2 aromatic rings. The highest BCUT2D eigenvalue weighted by Gasteiger charge is 2.11.